The molecule has 26 heavy (non-hydrogen) atoms. The minimum atomic E-state index is -0.874. The van der Waals surface area contributed by atoms with Gasteiger partial charge in [-0.25, -0.2) is 0 Å². The van der Waals surface area contributed by atoms with E-state index < -0.39 is 11.4 Å². The number of carbonyl (C=O) groups is 2. The van der Waals surface area contributed by atoms with Crippen LogP contribution in [0.3, 0.4) is 0 Å². The summed E-state index contributed by atoms with van der Waals surface area (Å²) in [6.45, 7) is 2.39. The van der Waals surface area contributed by atoms with E-state index in [-0.39, 0.29) is 11.6 Å². The summed E-state index contributed by atoms with van der Waals surface area (Å²) < 4.78 is 5.29. The predicted molar refractivity (Wildman–Crippen MR) is 98.9 cm³/mol. The molecule has 3 rings (SSSR count). The van der Waals surface area contributed by atoms with Crippen molar-refractivity contribution in [1.82, 2.24) is 15.8 Å². The predicted octanol–water partition coefficient (Wildman–Crippen LogP) is 3.56. The molecule has 0 radical (unpaired) electrons. The maximum Gasteiger partial charge on any atom is 0.274 e. The zero-order valence-electron chi connectivity index (χ0n) is 14.7. The van der Waals surface area contributed by atoms with Crippen molar-refractivity contribution < 1.29 is 14.1 Å². The topological polar surface area (TPSA) is 84.2 Å². The summed E-state index contributed by atoms with van der Waals surface area (Å²) >= 11 is 5.99. The lowest BCUT2D eigenvalue weighted by molar-refractivity contribution is -0.128. The third-order valence-electron chi connectivity index (χ3n) is 4.68. The fourth-order valence-corrected chi connectivity index (χ4v) is 3.53. The van der Waals surface area contributed by atoms with Crippen molar-refractivity contribution in [2.75, 3.05) is 6.54 Å². The molecule has 1 fully saturated rings. The van der Waals surface area contributed by atoms with Gasteiger partial charge in [0.1, 0.15) is 5.54 Å². The van der Waals surface area contributed by atoms with Gasteiger partial charge in [-0.1, -0.05) is 48.2 Å². The van der Waals surface area contributed by atoms with E-state index in [1.54, 1.807) is 24.3 Å². The summed E-state index contributed by atoms with van der Waals surface area (Å²) in [5.74, 6) is -0.0878. The van der Waals surface area contributed by atoms with Crippen LogP contribution >= 0.6 is 11.6 Å². The Kier molecular flexibility index (Phi) is 5.61. The van der Waals surface area contributed by atoms with E-state index >= 15 is 0 Å². The van der Waals surface area contributed by atoms with Crippen molar-refractivity contribution in [3.63, 3.8) is 0 Å². The van der Waals surface area contributed by atoms with Gasteiger partial charge in [0.15, 0.2) is 11.5 Å². The van der Waals surface area contributed by atoms with Gasteiger partial charge >= 0.3 is 0 Å². The fourth-order valence-electron chi connectivity index (χ4n) is 3.34. The molecule has 0 bridgehead atoms. The van der Waals surface area contributed by atoms with Crippen LogP contribution in [0, 0.1) is 0 Å². The Bertz CT molecular complexity index is 797. The first-order valence-corrected chi connectivity index (χ1v) is 9.25. The second-order valence-electron chi connectivity index (χ2n) is 6.54. The van der Waals surface area contributed by atoms with Crippen LogP contribution in [0.15, 0.2) is 34.9 Å². The first-order valence-electron chi connectivity index (χ1n) is 8.87. The number of nitrogens with zero attached hydrogens (tertiary/aromatic N) is 1. The minimum absolute atomic E-state index is 0.133. The summed E-state index contributed by atoms with van der Waals surface area (Å²) in [6.07, 6.45) is 4.14. The summed E-state index contributed by atoms with van der Waals surface area (Å²) in [6, 6.07) is 8.68. The Morgan fingerprint density at radius 3 is 2.69 bits per heavy atom. The number of aromatic nitrogens is 1. The molecule has 6 nitrogen and oxygen atoms in total. The maximum absolute atomic E-state index is 12.7. The number of hydrogen-bond acceptors (Lipinski definition) is 4. The molecule has 0 aliphatic heterocycles. The standard InChI is InChI=1S/C19H22ClN3O3/c1-2-21-18(25)19(9-4-3-5-10-19)22-17(24)15-12-16(26-23-15)13-7-6-8-14(20)11-13/h6-8,11-12H,2-5,9-10H2,1H3,(H,21,25)(H,22,24). The average molecular weight is 376 g/mol. The number of benzene rings is 1. The van der Waals surface area contributed by atoms with Crippen LogP contribution in [0.25, 0.3) is 11.3 Å². The highest BCUT2D eigenvalue weighted by atomic mass is 35.5. The van der Waals surface area contributed by atoms with Gasteiger partial charge in [-0.3, -0.25) is 9.59 Å². The van der Waals surface area contributed by atoms with E-state index in [2.05, 4.69) is 15.8 Å². The molecule has 0 spiro atoms. The molecule has 7 heteroatoms. The molecule has 1 saturated carbocycles. The molecule has 2 amide bonds. The van der Waals surface area contributed by atoms with E-state index in [0.717, 1.165) is 24.8 Å². The number of amides is 2. The molecular formula is C19H22ClN3O3. The third kappa shape index (κ3) is 3.90. The smallest absolute Gasteiger partial charge is 0.274 e. The number of carbonyl (C=O) groups excluding carboxylic acids is 2. The monoisotopic (exact) mass is 375 g/mol. The molecule has 2 aromatic rings. The molecule has 138 valence electrons. The molecule has 0 atom stereocenters. The average Bonchev–Trinajstić information content (AvgIpc) is 3.13. The molecule has 1 aliphatic rings. The number of halogens is 1. The number of rotatable bonds is 5. The molecule has 1 aromatic carbocycles. The van der Waals surface area contributed by atoms with Gasteiger partial charge in [0.2, 0.25) is 5.91 Å². The quantitative estimate of drug-likeness (QED) is 0.836. The maximum atomic E-state index is 12.7. The number of hydrogen-bond donors (Lipinski definition) is 2. The van der Waals surface area contributed by atoms with Crippen LogP contribution in [-0.4, -0.2) is 29.1 Å². The zero-order valence-corrected chi connectivity index (χ0v) is 15.4. The first-order chi connectivity index (χ1) is 12.5. The highest BCUT2D eigenvalue weighted by Crippen LogP contribution is 2.29. The second-order valence-corrected chi connectivity index (χ2v) is 6.98. The van der Waals surface area contributed by atoms with Crippen molar-refractivity contribution in [1.29, 1.82) is 0 Å². The SMILES string of the molecule is CCNC(=O)C1(NC(=O)c2cc(-c3cccc(Cl)c3)on2)CCCCC1. The Hall–Kier alpha value is -2.34. The van der Waals surface area contributed by atoms with Crippen LogP contribution in [-0.2, 0) is 4.79 Å². The van der Waals surface area contributed by atoms with Gasteiger partial charge in [-0.15, -0.1) is 0 Å². The first kappa shape index (κ1) is 18.5. The lowest BCUT2D eigenvalue weighted by Crippen LogP contribution is -2.59. The van der Waals surface area contributed by atoms with E-state index in [0.29, 0.717) is 30.2 Å². The lowest BCUT2D eigenvalue weighted by atomic mass is 9.80. The summed E-state index contributed by atoms with van der Waals surface area (Å²) in [5, 5.41) is 10.2. The molecule has 1 heterocycles. The normalized spacial score (nSPS) is 16.1. The highest BCUT2D eigenvalue weighted by Gasteiger charge is 2.41. The molecule has 2 N–H and O–H groups in total. The number of likely N-dealkylation sites (N-methyl/N-ethyl adjacent to an activating group) is 1. The van der Waals surface area contributed by atoms with Gasteiger partial charge in [0.25, 0.3) is 5.91 Å². The Morgan fingerprint density at radius 2 is 2.00 bits per heavy atom. The summed E-state index contributed by atoms with van der Waals surface area (Å²) in [4.78, 5) is 25.3. The van der Waals surface area contributed by atoms with Crippen molar-refractivity contribution >= 4 is 23.4 Å². The van der Waals surface area contributed by atoms with Gasteiger partial charge in [-0.05, 0) is 31.9 Å². The molecule has 0 unspecified atom stereocenters. The Morgan fingerprint density at radius 1 is 1.23 bits per heavy atom. The zero-order chi connectivity index (χ0) is 18.6. The Balaban J connectivity index is 1.79. The van der Waals surface area contributed by atoms with Crippen LogP contribution in [0.5, 0.6) is 0 Å². The second kappa shape index (κ2) is 7.91. The molecule has 1 aromatic heterocycles. The molecule has 1 aliphatic carbocycles. The lowest BCUT2D eigenvalue weighted by Gasteiger charge is -2.36. The summed E-state index contributed by atoms with van der Waals surface area (Å²) in [5.41, 5.74) is 0.00919. The van der Waals surface area contributed by atoms with Crippen molar-refractivity contribution in [3.05, 3.63) is 41.0 Å². The van der Waals surface area contributed by atoms with E-state index in [4.69, 9.17) is 16.1 Å². The van der Waals surface area contributed by atoms with Crippen molar-refractivity contribution in [2.24, 2.45) is 0 Å². The van der Waals surface area contributed by atoms with Crippen LogP contribution in [0.2, 0.25) is 5.02 Å². The van der Waals surface area contributed by atoms with Crippen LogP contribution in [0.4, 0.5) is 0 Å². The third-order valence-corrected chi connectivity index (χ3v) is 4.92. The van der Waals surface area contributed by atoms with E-state index in [9.17, 15) is 9.59 Å². The largest absolute Gasteiger partial charge is 0.355 e. The van der Waals surface area contributed by atoms with Crippen LogP contribution < -0.4 is 10.6 Å². The highest BCUT2D eigenvalue weighted by molar-refractivity contribution is 6.30. The van der Waals surface area contributed by atoms with Crippen molar-refractivity contribution in [3.8, 4) is 11.3 Å². The minimum Gasteiger partial charge on any atom is -0.355 e. The number of nitrogens with one attached hydrogen (secondary N) is 2. The fraction of sp³-hybridized carbons (Fsp3) is 0.421. The molecule has 0 saturated heterocycles. The van der Waals surface area contributed by atoms with Gasteiger partial charge < -0.3 is 15.2 Å². The van der Waals surface area contributed by atoms with Crippen LogP contribution in [0.1, 0.15) is 49.5 Å². The Labute approximate surface area is 157 Å². The van der Waals surface area contributed by atoms with Gasteiger partial charge in [-0.2, -0.15) is 0 Å². The van der Waals surface area contributed by atoms with Gasteiger partial charge in [0.05, 0.1) is 0 Å². The molecular weight excluding hydrogens is 354 g/mol. The van der Waals surface area contributed by atoms with E-state index in [1.165, 1.54) is 0 Å². The van der Waals surface area contributed by atoms with Crippen molar-refractivity contribution in [2.45, 2.75) is 44.6 Å². The van der Waals surface area contributed by atoms with E-state index in [1.807, 2.05) is 13.0 Å². The summed E-state index contributed by atoms with van der Waals surface area (Å²) in [7, 11) is 0. The van der Waals surface area contributed by atoms with Gasteiger partial charge in [0, 0.05) is 23.2 Å².